The maximum Gasteiger partial charge on any atom is 0.255 e. The Bertz CT molecular complexity index is 1240. The van der Waals surface area contributed by atoms with Gasteiger partial charge in [0, 0.05) is 29.4 Å². The van der Waals surface area contributed by atoms with Crippen molar-refractivity contribution in [3.05, 3.63) is 58.6 Å². The van der Waals surface area contributed by atoms with Crippen LogP contribution in [0.15, 0.2) is 41.3 Å². The van der Waals surface area contributed by atoms with E-state index in [-0.39, 0.29) is 33.0 Å². The molecule has 0 aliphatic heterocycles. The molecule has 1 amide bonds. The van der Waals surface area contributed by atoms with E-state index in [1.54, 1.807) is 0 Å². The van der Waals surface area contributed by atoms with E-state index in [1.807, 2.05) is 0 Å². The lowest BCUT2D eigenvalue weighted by Crippen LogP contribution is -2.49. The third kappa shape index (κ3) is 4.98. The van der Waals surface area contributed by atoms with Crippen molar-refractivity contribution in [2.45, 2.75) is 62.3 Å². The average molecular weight is 525 g/mol. The molecule has 0 spiro atoms. The quantitative estimate of drug-likeness (QED) is 0.519. The van der Waals surface area contributed by atoms with E-state index in [1.165, 1.54) is 24.3 Å². The van der Waals surface area contributed by atoms with Gasteiger partial charge in [-0.15, -0.1) is 0 Å². The number of carbonyl (C=O) groups excluding carboxylic acids is 1. The molecule has 5 nitrogen and oxygen atoms in total. The summed E-state index contributed by atoms with van der Waals surface area (Å²) in [7, 11) is -1.67. The molecule has 4 rings (SSSR count). The van der Waals surface area contributed by atoms with Gasteiger partial charge in [0.15, 0.2) is 21.5 Å². The highest BCUT2D eigenvalue weighted by atomic mass is 35.5. The molecule has 1 N–H and O–H groups in total. The first-order chi connectivity index (χ1) is 16.4. The zero-order chi connectivity index (χ0) is 25.7. The molecule has 0 heterocycles. The van der Waals surface area contributed by atoms with Crippen LogP contribution in [-0.2, 0) is 9.84 Å². The zero-order valence-corrected chi connectivity index (χ0v) is 21.8. The van der Waals surface area contributed by atoms with Crippen LogP contribution in [-0.4, -0.2) is 43.6 Å². The maximum atomic E-state index is 13.7. The first-order valence-electron chi connectivity index (χ1n) is 11.9. The second kappa shape index (κ2) is 9.79. The first kappa shape index (κ1) is 26.0. The highest BCUT2D eigenvalue weighted by Gasteiger charge is 2.51. The second-order valence-electron chi connectivity index (χ2n) is 10.3. The summed E-state index contributed by atoms with van der Waals surface area (Å²) in [5.74, 6) is -1.76. The molecule has 2 aliphatic rings. The standard InChI is InChI=1S/C26H31ClF2N2O3S/c1-14(2)31(4)25-17-9-15(3)20(25)13-19(10-17)35(33,34)24-11-16(5-7-21(24)27)26(32)30-18-6-8-22(28)23(29)12-18/h5-8,11-12,14-15,17,19-20,25H,9-10,13H2,1-4H3,(H,30,32)/t15-,17?,19+,20?,25-/m0/s1. The fourth-order valence-corrected chi connectivity index (χ4v) is 8.28. The lowest BCUT2D eigenvalue weighted by molar-refractivity contribution is 0.0889. The van der Waals surface area contributed by atoms with E-state index >= 15 is 0 Å². The number of amides is 1. The van der Waals surface area contributed by atoms with Crippen molar-refractivity contribution >= 4 is 33.0 Å². The van der Waals surface area contributed by atoms with Crippen LogP contribution in [0, 0.1) is 29.4 Å². The van der Waals surface area contributed by atoms with Crippen LogP contribution in [0.4, 0.5) is 14.5 Å². The summed E-state index contributed by atoms with van der Waals surface area (Å²) in [5.41, 5.74) is 0.133. The maximum absolute atomic E-state index is 13.7. The molecular weight excluding hydrogens is 494 g/mol. The van der Waals surface area contributed by atoms with E-state index in [0.29, 0.717) is 30.8 Å². The number of nitrogens with zero attached hydrogens (tertiary/aromatic N) is 1. The fraction of sp³-hybridized carbons (Fsp3) is 0.500. The molecule has 35 heavy (non-hydrogen) atoms. The Labute approximate surface area is 210 Å². The predicted octanol–water partition coefficient (Wildman–Crippen LogP) is 5.79. The fourth-order valence-electron chi connectivity index (χ4n) is 5.87. The molecule has 0 aromatic heterocycles. The van der Waals surface area contributed by atoms with E-state index in [4.69, 9.17) is 11.6 Å². The average Bonchev–Trinajstić information content (AvgIpc) is 2.99. The number of rotatable bonds is 6. The van der Waals surface area contributed by atoms with Crippen LogP contribution in [0.3, 0.4) is 0 Å². The van der Waals surface area contributed by atoms with Gasteiger partial charge in [0.05, 0.1) is 15.2 Å². The van der Waals surface area contributed by atoms with E-state index in [9.17, 15) is 22.0 Å². The molecule has 2 fully saturated rings. The first-order valence-corrected chi connectivity index (χ1v) is 13.8. The van der Waals surface area contributed by atoms with Gasteiger partial charge in [-0.1, -0.05) is 18.5 Å². The number of nitrogens with one attached hydrogen (secondary N) is 1. The largest absolute Gasteiger partial charge is 0.322 e. The molecule has 2 aromatic rings. The predicted molar refractivity (Wildman–Crippen MR) is 133 cm³/mol. The summed E-state index contributed by atoms with van der Waals surface area (Å²) in [6.07, 6.45) is 2.12. The highest BCUT2D eigenvalue weighted by Crippen LogP contribution is 2.51. The molecular formula is C26H31ClF2N2O3S. The molecule has 2 bridgehead atoms. The monoisotopic (exact) mass is 524 g/mol. The van der Waals surface area contributed by atoms with Crippen molar-refractivity contribution in [3.63, 3.8) is 0 Å². The Morgan fingerprint density at radius 1 is 1.09 bits per heavy atom. The van der Waals surface area contributed by atoms with Crippen molar-refractivity contribution in [3.8, 4) is 0 Å². The minimum absolute atomic E-state index is 0.0615. The highest BCUT2D eigenvalue weighted by molar-refractivity contribution is 7.92. The Kier molecular flexibility index (Phi) is 7.28. The second-order valence-corrected chi connectivity index (χ2v) is 12.9. The number of carbonyl (C=O) groups is 1. The van der Waals surface area contributed by atoms with Gasteiger partial charge in [0.1, 0.15) is 0 Å². The number of halogens is 3. The molecule has 9 heteroatoms. The SMILES string of the molecule is CC(C)N(C)[C@H]1C2C[C@@H](S(=O)(=O)c3cc(C(=O)Nc4ccc(F)c(F)c4)ccc3Cl)CC1[C@@H](C)C2. The Morgan fingerprint density at radius 3 is 2.43 bits per heavy atom. The van der Waals surface area contributed by atoms with Crippen LogP contribution in [0.25, 0.3) is 0 Å². The molecule has 2 saturated carbocycles. The summed E-state index contributed by atoms with van der Waals surface area (Å²) in [4.78, 5) is 15.1. The number of benzene rings is 2. The van der Waals surface area contributed by atoms with Gasteiger partial charge >= 0.3 is 0 Å². The third-order valence-electron chi connectivity index (χ3n) is 7.83. The van der Waals surface area contributed by atoms with Crippen LogP contribution < -0.4 is 5.32 Å². The summed E-state index contributed by atoms with van der Waals surface area (Å²) < 4.78 is 54.2. The number of anilines is 1. The number of sulfone groups is 1. The van der Waals surface area contributed by atoms with Gasteiger partial charge in [-0.2, -0.15) is 0 Å². The Balaban J connectivity index is 1.58. The van der Waals surface area contributed by atoms with E-state index < -0.39 is 32.6 Å². The minimum Gasteiger partial charge on any atom is -0.322 e. The van der Waals surface area contributed by atoms with Crippen LogP contribution in [0.5, 0.6) is 0 Å². The molecule has 0 radical (unpaired) electrons. The van der Waals surface area contributed by atoms with Crippen molar-refractivity contribution in [1.82, 2.24) is 4.90 Å². The van der Waals surface area contributed by atoms with Crippen LogP contribution >= 0.6 is 11.6 Å². The molecule has 5 atom stereocenters. The molecule has 0 saturated heterocycles. The topological polar surface area (TPSA) is 66.5 Å². The van der Waals surface area contributed by atoms with Crippen molar-refractivity contribution in [2.75, 3.05) is 12.4 Å². The summed E-state index contributed by atoms with van der Waals surface area (Å²) in [6, 6.07) is 7.83. The van der Waals surface area contributed by atoms with Crippen molar-refractivity contribution in [1.29, 1.82) is 0 Å². The Morgan fingerprint density at radius 2 is 1.80 bits per heavy atom. The number of hydrogen-bond acceptors (Lipinski definition) is 4. The van der Waals surface area contributed by atoms with Crippen LogP contribution in [0.1, 0.15) is 50.4 Å². The molecule has 2 aliphatic carbocycles. The van der Waals surface area contributed by atoms with Crippen molar-refractivity contribution in [2.24, 2.45) is 17.8 Å². The van der Waals surface area contributed by atoms with Gasteiger partial charge in [-0.05, 0) is 88.2 Å². The Hall–Kier alpha value is -2.03. The van der Waals surface area contributed by atoms with E-state index in [2.05, 4.69) is 38.0 Å². The van der Waals surface area contributed by atoms with Gasteiger partial charge in [-0.3, -0.25) is 4.79 Å². The zero-order valence-electron chi connectivity index (χ0n) is 20.3. The lowest BCUT2D eigenvalue weighted by Gasteiger charge is -2.42. The molecule has 2 unspecified atom stereocenters. The van der Waals surface area contributed by atoms with E-state index in [0.717, 1.165) is 18.6 Å². The summed E-state index contributed by atoms with van der Waals surface area (Å²) in [6.45, 7) is 6.52. The van der Waals surface area contributed by atoms with Gasteiger partial charge in [0.25, 0.3) is 5.91 Å². The lowest BCUT2D eigenvalue weighted by atomic mass is 9.81. The van der Waals surface area contributed by atoms with Crippen molar-refractivity contribution < 1.29 is 22.0 Å². The smallest absolute Gasteiger partial charge is 0.255 e. The van der Waals surface area contributed by atoms with Crippen LogP contribution in [0.2, 0.25) is 5.02 Å². The minimum atomic E-state index is -3.79. The third-order valence-corrected chi connectivity index (χ3v) is 10.5. The molecule has 2 aromatic carbocycles. The van der Waals surface area contributed by atoms with Gasteiger partial charge in [-0.25, -0.2) is 17.2 Å². The number of fused-ring (bicyclic) bond motifs is 2. The summed E-state index contributed by atoms with van der Waals surface area (Å²) in [5, 5.41) is 1.97. The molecule has 190 valence electrons. The van der Waals surface area contributed by atoms with Gasteiger partial charge in [0.2, 0.25) is 0 Å². The van der Waals surface area contributed by atoms with Gasteiger partial charge < -0.3 is 10.2 Å². The summed E-state index contributed by atoms with van der Waals surface area (Å²) >= 11 is 6.33. The number of hydrogen-bond donors (Lipinski definition) is 1. The normalized spacial score (nSPS) is 26.4.